The Morgan fingerprint density at radius 2 is 2.05 bits per heavy atom. The fourth-order valence-electron chi connectivity index (χ4n) is 2.19. The number of phenols is 1. The van der Waals surface area contributed by atoms with E-state index in [9.17, 15) is 10.2 Å². The number of imidazole rings is 1. The molecular weight excluding hydrogens is 323 g/mol. The molecule has 0 bridgehead atoms. The van der Waals surface area contributed by atoms with Crippen molar-refractivity contribution in [2.45, 2.75) is 19.4 Å². The van der Waals surface area contributed by atoms with E-state index in [2.05, 4.69) is 4.98 Å². The number of aromatic nitrogens is 2. The molecule has 22 heavy (non-hydrogen) atoms. The van der Waals surface area contributed by atoms with Gasteiger partial charge in [0.1, 0.15) is 17.0 Å². The Kier molecular flexibility index (Phi) is 3.26. The van der Waals surface area contributed by atoms with Crippen molar-refractivity contribution in [1.82, 2.24) is 9.38 Å². The summed E-state index contributed by atoms with van der Waals surface area (Å²) in [4.78, 5) is 4.38. The molecule has 0 unspecified atom stereocenters. The number of aromatic hydroxyl groups is 1. The predicted octanol–water partition coefficient (Wildman–Crippen LogP) is 4.24. The fourth-order valence-corrected chi connectivity index (χ4v) is 2.59. The van der Waals surface area contributed by atoms with Crippen molar-refractivity contribution in [2.24, 2.45) is 0 Å². The average molecular weight is 338 g/mol. The minimum atomic E-state index is -1.06. The molecule has 3 aromatic rings. The Balaban J connectivity index is 2.22. The van der Waals surface area contributed by atoms with Gasteiger partial charge >= 0.3 is 0 Å². The van der Waals surface area contributed by atoms with E-state index in [0.29, 0.717) is 22.5 Å². The SMILES string of the molecule is [2H]c1cc(Cl)c(Cl)c(-c2ccn3cc(C(C)(C)O)nc3c2)c1O. The first kappa shape index (κ1) is 13.9. The number of halogens is 2. The molecule has 2 N–H and O–H groups in total. The molecule has 0 amide bonds. The predicted molar refractivity (Wildman–Crippen MR) is 87.6 cm³/mol. The summed E-state index contributed by atoms with van der Waals surface area (Å²) in [5.41, 5.74) is 0.929. The Morgan fingerprint density at radius 3 is 2.73 bits per heavy atom. The van der Waals surface area contributed by atoms with E-state index in [1.807, 2.05) is 0 Å². The van der Waals surface area contributed by atoms with Crippen LogP contribution >= 0.6 is 23.2 Å². The molecule has 0 aliphatic rings. The quantitative estimate of drug-likeness (QED) is 0.735. The van der Waals surface area contributed by atoms with E-state index >= 15 is 0 Å². The van der Waals surface area contributed by atoms with Gasteiger partial charge in [-0.25, -0.2) is 4.98 Å². The molecule has 1 aromatic carbocycles. The van der Waals surface area contributed by atoms with Crippen LogP contribution in [0.15, 0.2) is 36.6 Å². The van der Waals surface area contributed by atoms with E-state index < -0.39 is 5.60 Å². The van der Waals surface area contributed by atoms with Gasteiger partial charge in [0.25, 0.3) is 0 Å². The molecule has 0 aliphatic heterocycles. The second-order valence-corrected chi connectivity index (χ2v) is 6.33. The van der Waals surface area contributed by atoms with Crippen molar-refractivity contribution in [3.05, 3.63) is 52.4 Å². The van der Waals surface area contributed by atoms with Gasteiger partial charge in [-0.1, -0.05) is 23.2 Å². The van der Waals surface area contributed by atoms with Crippen LogP contribution < -0.4 is 0 Å². The second-order valence-electron chi connectivity index (χ2n) is 5.54. The number of nitrogens with zero attached hydrogens (tertiary/aromatic N) is 2. The summed E-state index contributed by atoms with van der Waals surface area (Å²) >= 11 is 12.2. The molecule has 3 rings (SSSR count). The van der Waals surface area contributed by atoms with E-state index in [-0.39, 0.29) is 21.8 Å². The molecule has 0 saturated carbocycles. The number of benzene rings is 1. The zero-order chi connectivity index (χ0) is 16.9. The van der Waals surface area contributed by atoms with Crippen molar-refractivity contribution in [2.75, 3.05) is 0 Å². The molecule has 6 heteroatoms. The molecule has 2 heterocycles. The molecule has 4 nitrogen and oxygen atoms in total. The summed E-state index contributed by atoms with van der Waals surface area (Å²) in [6, 6.07) is 4.64. The Morgan fingerprint density at radius 1 is 1.32 bits per heavy atom. The Bertz CT molecular complexity index is 890. The standard InChI is InChI=1S/C16H14Cl2N2O2/c1-16(2,22)12-8-20-6-5-9(7-13(20)19-12)14-11(21)4-3-10(17)15(14)18/h3-8,21-22H,1-2H3/i4D. The first-order valence-corrected chi connectivity index (χ1v) is 7.33. The summed E-state index contributed by atoms with van der Waals surface area (Å²) in [5.74, 6) is -0.238. The van der Waals surface area contributed by atoms with Crippen molar-refractivity contribution in [3.63, 3.8) is 0 Å². The number of rotatable bonds is 2. The van der Waals surface area contributed by atoms with Crippen LogP contribution in [0, 0.1) is 0 Å². The summed E-state index contributed by atoms with van der Waals surface area (Å²) in [7, 11) is 0. The maximum absolute atomic E-state index is 10.2. The molecule has 0 radical (unpaired) electrons. The van der Waals surface area contributed by atoms with Crippen LogP contribution in [0.2, 0.25) is 10.0 Å². The summed E-state index contributed by atoms with van der Waals surface area (Å²) in [6.45, 7) is 3.31. The lowest BCUT2D eigenvalue weighted by Crippen LogP contribution is -2.15. The van der Waals surface area contributed by atoms with Crippen LogP contribution in [0.5, 0.6) is 5.75 Å². The number of pyridine rings is 1. The molecule has 0 aliphatic carbocycles. The van der Waals surface area contributed by atoms with Crippen LogP contribution in [0.1, 0.15) is 20.9 Å². The van der Waals surface area contributed by atoms with Gasteiger partial charge in [0.15, 0.2) is 0 Å². The number of hydrogen-bond donors (Lipinski definition) is 2. The van der Waals surface area contributed by atoms with E-state index in [1.165, 1.54) is 6.07 Å². The summed E-state index contributed by atoms with van der Waals surface area (Å²) in [6.07, 6.45) is 3.47. The molecule has 0 saturated heterocycles. The highest BCUT2D eigenvalue weighted by molar-refractivity contribution is 6.44. The monoisotopic (exact) mass is 337 g/mol. The van der Waals surface area contributed by atoms with Crippen molar-refractivity contribution < 1.29 is 11.6 Å². The normalized spacial score (nSPS) is 12.7. The maximum atomic E-state index is 10.2. The van der Waals surface area contributed by atoms with Gasteiger partial charge in [-0.15, -0.1) is 0 Å². The number of hydrogen-bond acceptors (Lipinski definition) is 3. The fraction of sp³-hybridized carbons (Fsp3) is 0.188. The van der Waals surface area contributed by atoms with Crippen LogP contribution in [-0.2, 0) is 5.60 Å². The van der Waals surface area contributed by atoms with Gasteiger partial charge in [0.2, 0.25) is 0 Å². The Hall–Kier alpha value is -1.75. The molecule has 0 fully saturated rings. The third-order valence-electron chi connectivity index (χ3n) is 3.38. The lowest BCUT2D eigenvalue weighted by molar-refractivity contribution is 0.0744. The summed E-state index contributed by atoms with van der Waals surface area (Å²) in [5, 5.41) is 20.6. The van der Waals surface area contributed by atoms with E-state index in [4.69, 9.17) is 24.6 Å². The van der Waals surface area contributed by atoms with Crippen LogP contribution in [-0.4, -0.2) is 19.6 Å². The Labute approximate surface area is 139 Å². The number of aliphatic hydroxyl groups is 1. The molecule has 114 valence electrons. The van der Waals surface area contributed by atoms with Crippen molar-refractivity contribution >= 4 is 28.8 Å². The highest BCUT2D eigenvalue weighted by Crippen LogP contribution is 2.40. The lowest BCUT2D eigenvalue weighted by atomic mass is 10.1. The third kappa shape index (κ3) is 2.54. The zero-order valence-electron chi connectivity index (χ0n) is 12.9. The average Bonchev–Trinajstić information content (AvgIpc) is 2.89. The van der Waals surface area contributed by atoms with Crippen LogP contribution in [0.25, 0.3) is 16.8 Å². The van der Waals surface area contributed by atoms with Crippen LogP contribution in [0.3, 0.4) is 0 Å². The topological polar surface area (TPSA) is 57.8 Å². The number of fused-ring (bicyclic) bond motifs is 1. The van der Waals surface area contributed by atoms with Gasteiger partial charge in [0.05, 0.1) is 17.1 Å². The maximum Gasteiger partial charge on any atom is 0.137 e. The minimum absolute atomic E-state index is 0.102. The highest BCUT2D eigenvalue weighted by Gasteiger charge is 2.20. The third-order valence-corrected chi connectivity index (χ3v) is 4.16. The van der Waals surface area contributed by atoms with E-state index in [0.717, 1.165) is 0 Å². The molecule has 0 spiro atoms. The lowest BCUT2D eigenvalue weighted by Gasteiger charge is -2.12. The van der Waals surface area contributed by atoms with Gasteiger partial charge < -0.3 is 14.6 Å². The van der Waals surface area contributed by atoms with Crippen LogP contribution in [0.4, 0.5) is 0 Å². The first-order chi connectivity index (χ1) is 10.7. The molecular formula is C16H14Cl2N2O2. The molecule has 0 atom stereocenters. The van der Waals surface area contributed by atoms with Crippen molar-refractivity contribution in [1.29, 1.82) is 0 Å². The van der Waals surface area contributed by atoms with Gasteiger partial charge in [0, 0.05) is 18.0 Å². The summed E-state index contributed by atoms with van der Waals surface area (Å²) < 4.78 is 9.51. The molecule has 2 aromatic heterocycles. The zero-order valence-corrected chi connectivity index (χ0v) is 13.4. The minimum Gasteiger partial charge on any atom is -0.507 e. The second kappa shape index (κ2) is 5.16. The number of phenolic OH excluding ortho intramolecular Hbond substituents is 1. The van der Waals surface area contributed by atoms with Gasteiger partial charge in [-0.05, 0) is 43.7 Å². The smallest absolute Gasteiger partial charge is 0.137 e. The van der Waals surface area contributed by atoms with Gasteiger partial charge in [-0.3, -0.25) is 0 Å². The largest absolute Gasteiger partial charge is 0.507 e. The van der Waals surface area contributed by atoms with Gasteiger partial charge in [-0.2, -0.15) is 0 Å². The van der Waals surface area contributed by atoms with E-state index in [1.54, 1.807) is 42.8 Å². The first-order valence-electron chi connectivity index (χ1n) is 7.08. The highest BCUT2D eigenvalue weighted by atomic mass is 35.5. The van der Waals surface area contributed by atoms with Crippen molar-refractivity contribution in [3.8, 4) is 16.9 Å².